The minimum atomic E-state index is -1.27. The van der Waals surface area contributed by atoms with E-state index in [-0.39, 0.29) is 0 Å². The number of aromatic nitrogens is 1. The molecule has 0 spiro atoms. The topological polar surface area (TPSA) is 107 Å². The molecule has 0 amide bonds. The number of fused-ring (bicyclic) bond motifs is 2. The third-order valence-electron chi connectivity index (χ3n) is 3.27. The van der Waals surface area contributed by atoms with Crippen molar-refractivity contribution in [1.82, 2.24) is 4.98 Å². The highest BCUT2D eigenvalue weighted by molar-refractivity contribution is 5.57. The highest BCUT2D eigenvalue weighted by Gasteiger charge is 2.37. The molecular formula is C14H12N4O2. The van der Waals surface area contributed by atoms with Gasteiger partial charge in [0.25, 0.3) is 0 Å². The maximum Gasteiger partial charge on any atom is 0.226 e. The number of hydrogen-bond donors (Lipinski definition) is 2. The molecule has 1 aliphatic rings. The third kappa shape index (κ3) is 1.69. The Balaban J connectivity index is 2.20. The van der Waals surface area contributed by atoms with Gasteiger partial charge < -0.3 is 20.9 Å². The summed E-state index contributed by atoms with van der Waals surface area (Å²) in [6.07, 6.45) is 1.42. The van der Waals surface area contributed by atoms with Crippen LogP contribution in [0.2, 0.25) is 0 Å². The fourth-order valence-corrected chi connectivity index (χ4v) is 2.20. The van der Waals surface area contributed by atoms with Gasteiger partial charge in [-0.25, -0.2) is 4.98 Å². The molecule has 1 aliphatic heterocycles. The predicted octanol–water partition coefficient (Wildman–Crippen LogP) is 1.19. The Morgan fingerprint density at radius 3 is 2.80 bits per heavy atom. The van der Waals surface area contributed by atoms with Crippen molar-refractivity contribution in [3.63, 3.8) is 0 Å². The van der Waals surface area contributed by atoms with Gasteiger partial charge in [0.1, 0.15) is 23.2 Å². The largest absolute Gasteiger partial charge is 0.497 e. The van der Waals surface area contributed by atoms with Crippen LogP contribution < -0.4 is 20.9 Å². The molecule has 0 atom stereocenters. The molecule has 0 saturated heterocycles. The molecule has 100 valence electrons. The Morgan fingerprint density at radius 2 is 2.10 bits per heavy atom. The average Bonchev–Trinajstić information content (AvgIpc) is 2.46. The lowest BCUT2D eigenvalue weighted by molar-refractivity contribution is 0.376. The van der Waals surface area contributed by atoms with E-state index in [1.807, 2.05) is 6.07 Å². The second-order valence-corrected chi connectivity index (χ2v) is 4.52. The van der Waals surface area contributed by atoms with E-state index < -0.39 is 5.66 Å². The van der Waals surface area contributed by atoms with E-state index in [0.717, 1.165) is 0 Å². The van der Waals surface area contributed by atoms with Crippen molar-refractivity contribution in [3.05, 3.63) is 47.2 Å². The molecule has 3 rings (SSSR count). The van der Waals surface area contributed by atoms with Crippen molar-refractivity contribution in [2.24, 2.45) is 11.5 Å². The first-order chi connectivity index (χ1) is 9.56. The van der Waals surface area contributed by atoms with E-state index in [4.69, 9.17) is 26.2 Å². The van der Waals surface area contributed by atoms with Crippen LogP contribution in [0.15, 0.2) is 30.5 Å². The Kier molecular flexibility index (Phi) is 2.61. The molecule has 4 N–H and O–H groups in total. The van der Waals surface area contributed by atoms with Gasteiger partial charge in [-0.05, 0) is 18.2 Å². The Hall–Kier alpha value is -2.62. The summed E-state index contributed by atoms with van der Waals surface area (Å²) in [6, 6.07) is 8.80. The van der Waals surface area contributed by atoms with Crippen molar-refractivity contribution >= 4 is 0 Å². The van der Waals surface area contributed by atoms with E-state index in [9.17, 15) is 0 Å². The van der Waals surface area contributed by atoms with Crippen LogP contribution in [-0.2, 0) is 5.66 Å². The number of rotatable bonds is 1. The van der Waals surface area contributed by atoms with Crippen molar-refractivity contribution in [3.8, 4) is 23.4 Å². The maximum absolute atomic E-state index is 8.94. The maximum atomic E-state index is 8.94. The summed E-state index contributed by atoms with van der Waals surface area (Å²) >= 11 is 0. The van der Waals surface area contributed by atoms with Gasteiger partial charge in [0.05, 0.1) is 18.2 Å². The van der Waals surface area contributed by atoms with Crippen LogP contribution in [0, 0.1) is 11.3 Å². The normalized spacial score (nSPS) is 14.5. The molecule has 0 fully saturated rings. The van der Waals surface area contributed by atoms with Crippen LogP contribution in [0.25, 0.3) is 0 Å². The van der Waals surface area contributed by atoms with E-state index in [2.05, 4.69) is 4.98 Å². The Labute approximate surface area is 115 Å². The second kappa shape index (κ2) is 4.20. The molecule has 6 heteroatoms. The summed E-state index contributed by atoms with van der Waals surface area (Å²) < 4.78 is 10.8. The molecule has 0 saturated carbocycles. The Bertz CT molecular complexity index is 734. The first kappa shape index (κ1) is 12.4. The van der Waals surface area contributed by atoms with Gasteiger partial charge in [0.15, 0.2) is 0 Å². The fourth-order valence-electron chi connectivity index (χ4n) is 2.20. The molecule has 6 nitrogen and oxygen atoms in total. The van der Waals surface area contributed by atoms with Crippen LogP contribution in [0.3, 0.4) is 0 Å². The van der Waals surface area contributed by atoms with E-state index in [1.165, 1.54) is 6.20 Å². The van der Waals surface area contributed by atoms with Crippen LogP contribution in [-0.4, -0.2) is 12.1 Å². The van der Waals surface area contributed by atoms with Gasteiger partial charge in [0, 0.05) is 17.8 Å². The van der Waals surface area contributed by atoms with Crippen LogP contribution >= 0.6 is 0 Å². The number of hydrogen-bond acceptors (Lipinski definition) is 6. The Morgan fingerprint density at radius 1 is 1.30 bits per heavy atom. The van der Waals surface area contributed by atoms with Crippen molar-refractivity contribution in [2.45, 2.75) is 5.66 Å². The van der Waals surface area contributed by atoms with E-state index in [1.54, 1.807) is 31.4 Å². The lowest BCUT2D eigenvalue weighted by atomic mass is 9.90. The zero-order valence-electron chi connectivity index (χ0n) is 10.8. The summed E-state index contributed by atoms with van der Waals surface area (Å²) in [5.41, 5.74) is 12.7. The molecule has 1 aromatic carbocycles. The zero-order chi connectivity index (χ0) is 14.3. The van der Waals surface area contributed by atoms with E-state index in [0.29, 0.717) is 34.1 Å². The van der Waals surface area contributed by atoms with Gasteiger partial charge >= 0.3 is 0 Å². The monoisotopic (exact) mass is 268 g/mol. The molecule has 2 aromatic rings. The van der Waals surface area contributed by atoms with Crippen molar-refractivity contribution in [1.29, 1.82) is 5.26 Å². The SMILES string of the molecule is COc1ccc2c(c1)Oc1ncc(C#N)cc1C2(N)N. The number of benzene rings is 1. The molecular weight excluding hydrogens is 256 g/mol. The molecule has 0 aliphatic carbocycles. The number of pyridine rings is 1. The van der Waals surface area contributed by atoms with Gasteiger partial charge in [0.2, 0.25) is 5.88 Å². The van der Waals surface area contributed by atoms with Gasteiger partial charge in [-0.3, -0.25) is 0 Å². The van der Waals surface area contributed by atoms with Crippen LogP contribution in [0.1, 0.15) is 16.7 Å². The zero-order valence-corrected chi connectivity index (χ0v) is 10.8. The smallest absolute Gasteiger partial charge is 0.226 e. The first-order valence-corrected chi connectivity index (χ1v) is 5.91. The highest BCUT2D eigenvalue weighted by atomic mass is 16.5. The lowest BCUT2D eigenvalue weighted by Gasteiger charge is -2.33. The summed E-state index contributed by atoms with van der Waals surface area (Å²) in [6.45, 7) is 0. The standard InChI is InChI=1S/C14H12N4O2/c1-19-9-2-3-10-12(5-9)20-13-11(14(10,16)17)4-8(6-15)7-18-13/h2-5,7H,16-17H2,1H3. The summed E-state index contributed by atoms with van der Waals surface area (Å²) in [7, 11) is 1.56. The lowest BCUT2D eigenvalue weighted by Crippen LogP contribution is -2.49. The third-order valence-corrected chi connectivity index (χ3v) is 3.27. The van der Waals surface area contributed by atoms with Crippen molar-refractivity contribution in [2.75, 3.05) is 7.11 Å². The molecule has 0 bridgehead atoms. The number of nitrogens with zero attached hydrogens (tertiary/aromatic N) is 2. The number of methoxy groups -OCH3 is 1. The van der Waals surface area contributed by atoms with Gasteiger partial charge in [-0.2, -0.15) is 5.26 Å². The van der Waals surface area contributed by atoms with Crippen LogP contribution in [0.4, 0.5) is 0 Å². The van der Waals surface area contributed by atoms with Gasteiger partial charge in [-0.15, -0.1) is 0 Å². The van der Waals surface area contributed by atoms with E-state index >= 15 is 0 Å². The molecule has 1 aromatic heterocycles. The van der Waals surface area contributed by atoms with Crippen LogP contribution in [0.5, 0.6) is 17.4 Å². The minimum Gasteiger partial charge on any atom is -0.497 e. The van der Waals surface area contributed by atoms with Gasteiger partial charge in [-0.1, -0.05) is 0 Å². The minimum absolute atomic E-state index is 0.301. The molecule has 0 radical (unpaired) electrons. The average molecular weight is 268 g/mol. The highest BCUT2D eigenvalue weighted by Crippen LogP contribution is 2.43. The second-order valence-electron chi connectivity index (χ2n) is 4.52. The number of nitrogens with two attached hydrogens (primary N) is 2. The molecule has 20 heavy (non-hydrogen) atoms. The van der Waals surface area contributed by atoms with Crippen molar-refractivity contribution < 1.29 is 9.47 Å². The fraction of sp³-hybridized carbons (Fsp3) is 0.143. The first-order valence-electron chi connectivity index (χ1n) is 5.91. The molecule has 2 heterocycles. The summed E-state index contributed by atoms with van der Waals surface area (Å²) in [5.74, 6) is 1.44. The number of nitriles is 1. The summed E-state index contributed by atoms with van der Waals surface area (Å²) in [5, 5.41) is 8.94. The number of ether oxygens (including phenoxy) is 2. The summed E-state index contributed by atoms with van der Waals surface area (Å²) in [4.78, 5) is 4.09. The molecule has 0 unspecified atom stereocenters. The predicted molar refractivity (Wildman–Crippen MR) is 71.2 cm³/mol. The quantitative estimate of drug-likeness (QED) is 0.752.